The van der Waals surface area contributed by atoms with Crippen molar-refractivity contribution in [2.24, 2.45) is 5.92 Å². The summed E-state index contributed by atoms with van der Waals surface area (Å²) in [7, 11) is -1.52. The van der Waals surface area contributed by atoms with E-state index in [2.05, 4.69) is 0 Å². The lowest BCUT2D eigenvalue weighted by Crippen LogP contribution is -2.37. The standard InChI is InChI=1S/C9H21NO3S/c1-6-13-9(8(2)3)7-10(4)14(5,11)12/h8-9H,6-7H2,1-5H3. The Hall–Kier alpha value is -0.130. The third-order valence-electron chi connectivity index (χ3n) is 2.13. The van der Waals surface area contributed by atoms with Crippen LogP contribution in [0.2, 0.25) is 0 Å². The average molecular weight is 223 g/mol. The molecule has 0 heterocycles. The number of sulfonamides is 1. The smallest absolute Gasteiger partial charge is 0.211 e. The van der Waals surface area contributed by atoms with Gasteiger partial charge < -0.3 is 4.74 Å². The molecule has 0 aliphatic rings. The highest BCUT2D eigenvalue weighted by atomic mass is 32.2. The molecule has 1 unspecified atom stereocenters. The minimum absolute atomic E-state index is 0.0280. The molecule has 0 fully saturated rings. The minimum Gasteiger partial charge on any atom is -0.377 e. The topological polar surface area (TPSA) is 46.6 Å². The summed E-state index contributed by atoms with van der Waals surface area (Å²) in [6.07, 6.45) is 1.18. The van der Waals surface area contributed by atoms with Crippen LogP contribution in [0.3, 0.4) is 0 Å². The molecule has 4 nitrogen and oxygen atoms in total. The molecule has 0 aromatic rings. The first kappa shape index (κ1) is 13.9. The molecule has 14 heavy (non-hydrogen) atoms. The highest BCUT2D eigenvalue weighted by molar-refractivity contribution is 7.88. The largest absolute Gasteiger partial charge is 0.377 e. The van der Waals surface area contributed by atoms with Crippen molar-refractivity contribution in [1.29, 1.82) is 0 Å². The molecule has 0 amide bonds. The van der Waals surface area contributed by atoms with Gasteiger partial charge in [0, 0.05) is 20.2 Å². The zero-order valence-corrected chi connectivity index (χ0v) is 10.5. The summed E-state index contributed by atoms with van der Waals surface area (Å²) in [5, 5.41) is 0. The highest BCUT2D eigenvalue weighted by Gasteiger charge is 2.20. The number of hydrogen-bond acceptors (Lipinski definition) is 3. The Morgan fingerprint density at radius 2 is 1.86 bits per heavy atom. The monoisotopic (exact) mass is 223 g/mol. The predicted molar refractivity (Wildman–Crippen MR) is 57.7 cm³/mol. The van der Waals surface area contributed by atoms with E-state index < -0.39 is 10.0 Å². The van der Waals surface area contributed by atoms with E-state index in [1.54, 1.807) is 7.05 Å². The van der Waals surface area contributed by atoms with Gasteiger partial charge in [0.2, 0.25) is 10.0 Å². The van der Waals surface area contributed by atoms with Gasteiger partial charge in [-0.05, 0) is 12.8 Å². The number of nitrogens with zero attached hydrogens (tertiary/aromatic N) is 1. The molecule has 0 saturated carbocycles. The first-order chi connectivity index (χ1) is 6.29. The van der Waals surface area contributed by atoms with E-state index >= 15 is 0 Å². The average Bonchev–Trinajstić information content (AvgIpc) is 2.01. The van der Waals surface area contributed by atoms with Crippen LogP contribution in [0.1, 0.15) is 20.8 Å². The first-order valence-electron chi connectivity index (χ1n) is 4.82. The van der Waals surface area contributed by atoms with Crippen molar-refractivity contribution in [3.63, 3.8) is 0 Å². The van der Waals surface area contributed by atoms with Crippen molar-refractivity contribution in [3.8, 4) is 0 Å². The van der Waals surface area contributed by atoms with Crippen LogP contribution in [0.5, 0.6) is 0 Å². The van der Waals surface area contributed by atoms with Gasteiger partial charge >= 0.3 is 0 Å². The number of rotatable bonds is 6. The molecule has 0 aliphatic heterocycles. The molecular formula is C9H21NO3S. The van der Waals surface area contributed by atoms with E-state index in [0.717, 1.165) is 0 Å². The van der Waals surface area contributed by atoms with Gasteiger partial charge in [0.05, 0.1) is 12.4 Å². The van der Waals surface area contributed by atoms with E-state index in [4.69, 9.17) is 4.74 Å². The Morgan fingerprint density at radius 1 is 1.36 bits per heavy atom. The van der Waals surface area contributed by atoms with Crippen LogP contribution >= 0.6 is 0 Å². The lowest BCUT2D eigenvalue weighted by Gasteiger charge is -2.25. The second kappa shape index (κ2) is 5.68. The normalized spacial score (nSPS) is 15.1. The summed E-state index contributed by atoms with van der Waals surface area (Å²) in [5.74, 6) is 0.319. The van der Waals surface area contributed by atoms with Crippen molar-refractivity contribution < 1.29 is 13.2 Å². The molecule has 0 N–H and O–H groups in total. The van der Waals surface area contributed by atoms with Gasteiger partial charge in [-0.2, -0.15) is 0 Å². The van der Waals surface area contributed by atoms with Crippen molar-refractivity contribution in [2.45, 2.75) is 26.9 Å². The molecular weight excluding hydrogens is 202 g/mol. The predicted octanol–water partition coefficient (Wildman–Crippen LogP) is 0.939. The van der Waals surface area contributed by atoms with E-state index in [0.29, 0.717) is 19.1 Å². The molecule has 1 atom stereocenters. The van der Waals surface area contributed by atoms with Crippen LogP contribution in [-0.4, -0.2) is 45.3 Å². The van der Waals surface area contributed by atoms with Gasteiger partial charge in [0.25, 0.3) is 0 Å². The molecule has 5 heteroatoms. The SMILES string of the molecule is CCOC(CN(C)S(C)(=O)=O)C(C)C. The van der Waals surface area contributed by atoms with Crippen LogP contribution in [0.25, 0.3) is 0 Å². The molecule has 0 aromatic carbocycles. The van der Waals surface area contributed by atoms with Crippen molar-refractivity contribution in [3.05, 3.63) is 0 Å². The summed E-state index contributed by atoms with van der Waals surface area (Å²) < 4.78 is 29.1. The molecule has 0 saturated heterocycles. The van der Waals surface area contributed by atoms with Crippen LogP contribution in [0.4, 0.5) is 0 Å². The Labute approximate surface area is 87.3 Å². The maximum atomic E-state index is 11.2. The van der Waals surface area contributed by atoms with Gasteiger partial charge in [0.1, 0.15) is 0 Å². The summed E-state index contributed by atoms with van der Waals surface area (Å²) in [4.78, 5) is 0. The molecule has 86 valence electrons. The van der Waals surface area contributed by atoms with Gasteiger partial charge in [-0.3, -0.25) is 0 Å². The molecule has 0 radical (unpaired) electrons. The van der Waals surface area contributed by atoms with Crippen LogP contribution in [0.15, 0.2) is 0 Å². The van der Waals surface area contributed by atoms with E-state index in [9.17, 15) is 8.42 Å². The van der Waals surface area contributed by atoms with Crippen LogP contribution in [-0.2, 0) is 14.8 Å². The fraction of sp³-hybridized carbons (Fsp3) is 1.00. The van der Waals surface area contributed by atoms with Gasteiger partial charge in [-0.15, -0.1) is 0 Å². The number of ether oxygens (including phenoxy) is 1. The van der Waals surface area contributed by atoms with E-state index in [1.165, 1.54) is 10.6 Å². The maximum Gasteiger partial charge on any atom is 0.211 e. The maximum absolute atomic E-state index is 11.2. The van der Waals surface area contributed by atoms with Crippen molar-refractivity contribution in [2.75, 3.05) is 26.5 Å². The summed E-state index contributed by atoms with van der Waals surface area (Å²) in [6, 6.07) is 0. The van der Waals surface area contributed by atoms with Crippen molar-refractivity contribution >= 4 is 10.0 Å². The van der Waals surface area contributed by atoms with E-state index in [-0.39, 0.29) is 6.10 Å². The van der Waals surface area contributed by atoms with Crippen LogP contribution in [0, 0.1) is 5.92 Å². The lowest BCUT2D eigenvalue weighted by molar-refractivity contribution is 0.0215. The molecule has 0 bridgehead atoms. The summed E-state index contributed by atoms with van der Waals surface area (Å²) in [6.45, 7) is 6.99. The highest BCUT2D eigenvalue weighted by Crippen LogP contribution is 2.09. The zero-order chi connectivity index (χ0) is 11.4. The lowest BCUT2D eigenvalue weighted by atomic mass is 10.1. The third-order valence-corrected chi connectivity index (χ3v) is 3.41. The Bertz CT molecular complexity index is 249. The second-order valence-corrected chi connectivity index (χ2v) is 5.87. The quantitative estimate of drug-likeness (QED) is 0.673. The number of likely N-dealkylation sites (N-methyl/N-ethyl adjacent to an activating group) is 1. The fourth-order valence-electron chi connectivity index (χ4n) is 1.06. The Kier molecular flexibility index (Phi) is 5.63. The molecule has 0 aliphatic carbocycles. The first-order valence-corrected chi connectivity index (χ1v) is 6.66. The van der Waals surface area contributed by atoms with Gasteiger partial charge in [-0.25, -0.2) is 12.7 Å². The molecule has 0 spiro atoms. The van der Waals surface area contributed by atoms with Crippen LogP contribution < -0.4 is 0 Å². The second-order valence-electron chi connectivity index (χ2n) is 3.78. The Balaban J connectivity index is 4.30. The van der Waals surface area contributed by atoms with Gasteiger partial charge in [-0.1, -0.05) is 13.8 Å². The molecule has 0 aromatic heterocycles. The number of hydrogen-bond donors (Lipinski definition) is 0. The summed E-state index contributed by atoms with van der Waals surface area (Å²) >= 11 is 0. The Morgan fingerprint density at radius 3 is 2.14 bits per heavy atom. The van der Waals surface area contributed by atoms with E-state index in [1.807, 2.05) is 20.8 Å². The third kappa shape index (κ3) is 4.93. The minimum atomic E-state index is -3.10. The summed E-state index contributed by atoms with van der Waals surface area (Å²) in [5.41, 5.74) is 0. The van der Waals surface area contributed by atoms with Crippen molar-refractivity contribution in [1.82, 2.24) is 4.31 Å². The fourth-order valence-corrected chi connectivity index (χ4v) is 1.48. The van der Waals surface area contributed by atoms with Gasteiger partial charge in [0.15, 0.2) is 0 Å². The zero-order valence-electron chi connectivity index (χ0n) is 9.65. The molecule has 0 rings (SSSR count).